The number of hydrogen-bond acceptors (Lipinski definition) is 3. The molecule has 3 rings (SSSR count). The molecule has 3 nitrogen and oxygen atoms in total. The van der Waals surface area contributed by atoms with E-state index in [-0.39, 0.29) is 5.82 Å². The van der Waals surface area contributed by atoms with E-state index in [9.17, 15) is 17.6 Å². The second-order valence-corrected chi connectivity index (χ2v) is 5.33. The number of piperazine rings is 1. The van der Waals surface area contributed by atoms with Crippen LogP contribution in [0.25, 0.3) is 0 Å². The first-order valence-electron chi connectivity index (χ1n) is 7.23. The second-order valence-electron chi connectivity index (χ2n) is 5.33. The van der Waals surface area contributed by atoms with Crippen molar-refractivity contribution in [1.82, 2.24) is 4.98 Å². The largest absolute Gasteiger partial charge is 0.433 e. The summed E-state index contributed by atoms with van der Waals surface area (Å²) in [5.74, 6) is 0.0409. The van der Waals surface area contributed by atoms with Gasteiger partial charge in [-0.25, -0.2) is 9.37 Å². The van der Waals surface area contributed by atoms with Crippen LogP contribution in [-0.4, -0.2) is 31.2 Å². The Morgan fingerprint density at radius 1 is 0.826 bits per heavy atom. The standard InChI is InChI=1S/C16H15F4N3/c17-12-4-6-13(7-5-12)22-8-10-23(11-9-22)15-3-1-2-14(21-15)16(18,19)20/h1-7H,8-11H2. The van der Waals surface area contributed by atoms with Gasteiger partial charge in [0, 0.05) is 31.9 Å². The number of anilines is 2. The third-order valence-electron chi connectivity index (χ3n) is 3.82. The molecule has 23 heavy (non-hydrogen) atoms. The topological polar surface area (TPSA) is 19.4 Å². The molecule has 1 saturated heterocycles. The monoisotopic (exact) mass is 325 g/mol. The van der Waals surface area contributed by atoms with E-state index in [0.29, 0.717) is 32.0 Å². The van der Waals surface area contributed by atoms with Crippen molar-refractivity contribution in [3.05, 3.63) is 54.0 Å². The van der Waals surface area contributed by atoms with Gasteiger partial charge < -0.3 is 9.80 Å². The van der Waals surface area contributed by atoms with Crippen LogP contribution in [0.4, 0.5) is 29.1 Å². The lowest BCUT2D eigenvalue weighted by Gasteiger charge is -2.36. The summed E-state index contributed by atoms with van der Waals surface area (Å²) in [6, 6.07) is 10.1. The summed E-state index contributed by atoms with van der Waals surface area (Å²) < 4.78 is 51.1. The van der Waals surface area contributed by atoms with Crippen LogP contribution in [0.3, 0.4) is 0 Å². The molecule has 1 aromatic heterocycles. The molecule has 7 heteroatoms. The lowest BCUT2D eigenvalue weighted by Crippen LogP contribution is -2.46. The van der Waals surface area contributed by atoms with Gasteiger partial charge in [-0.2, -0.15) is 13.2 Å². The van der Waals surface area contributed by atoms with E-state index in [1.54, 1.807) is 18.2 Å². The molecule has 122 valence electrons. The van der Waals surface area contributed by atoms with Gasteiger partial charge in [-0.05, 0) is 36.4 Å². The van der Waals surface area contributed by atoms with Crippen LogP contribution in [0, 0.1) is 5.82 Å². The molecule has 1 aromatic carbocycles. The van der Waals surface area contributed by atoms with Gasteiger partial charge in [-0.1, -0.05) is 6.07 Å². The van der Waals surface area contributed by atoms with Gasteiger partial charge in [0.1, 0.15) is 17.3 Å². The summed E-state index contributed by atoms with van der Waals surface area (Å²) in [6.45, 7) is 2.41. The van der Waals surface area contributed by atoms with Gasteiger partial charge in [-0.3, -0.25) is 0 Å². The maximum atomic E-state index is 12.9. The molecule has 0 aliphatic carbocycles. The van der Waals surface area contributed by atoms with Gasteiger partial charge >= 0.3 is 6.18 Å². The van der Waals surface area contributed by atoms with Crippen molar-refractivity contribution in [2.45, 2.75) is 6.18 Å². The molecule has 0 unspecified atom stereocenters. The average molecular weight is 325 g/mol. The van der Waals surface area contributed by atoms with Crippen LogP contribution in [-0.2, 0) is 6.18 Å². The van der Waals surface area contributed by atoms with Crippen LogP contribution in [0.2, 0.25) is 0 Å². The van der Waals surface area contributed by atoms with Crippen LogP contribution in [0.1, 0.15) is 5.69 Å². The van der Waals surface area contributed by atoms with Crippen LogP contribution in [0.15, 0.2) is 42.5 Å². The smallest absolute Gasteiger partial charge is 0.368 e. The zero-order chi connectivity index (χ0) is 16.4. The molecule has 0 N–H and O–H groups in total. The number of pyridine rings is 1. The van der Waals surface area contributed by atoms with Gasteiger partial charge in [0.25, 0.3) is 0 Å². The van der Waals surface area contributed by atoms with E-state index < -0.39 is 11.9 Å². The Bertz CT molecular complexity index is 662. The zero-order valence-corrected chi connectivity index (χ0v) is 12.2. The quantitative estimate of drug-likeness (QED) is 0.787. The third-order valence-corrected chi connectivity index (χ3v) is 3.82. The highest BCUT2D eigenvalue weighted by Gasteiger charge is 2.33. The number of halogens is 4. The van der Waals surface area contributed by atoms with Crippen molar-refractivity contribution in [2.24, 2.45) is 0 Å². The van der Waals surface area contributed by atoms with E-state index in [1.165, 1.54) is 18.2 Å². The molecule has 0 spiro atoms. The first kappa shape index (κ1) is 15.6. The first-order valence-corrected chi connectivity index (χ1v) is 7.23. The minimum Gasteiger partial charge on any atom is -0.368 e. The van der Waals surface area contributed by atoms with Crippen LogP contribution in [0.5, 0.6) is 0 Å². The lowest BCUT2D eigenvalue weighted by molar-refractivity contribution is -0.141. The summed E-state index contributed by atoms with van der Waals surface area (Å²) in [5, 5.41) is 0. The van der Waals surface area contributed by atoms with Crippen LogP contribution >= 0.6 is 0 Å². The highest BCUT2D eigenvalue weighted by Crippen LogP contribution is 2.29. The Kier molecular flexibility index (Phi) is 4.11. The molecule has 1 aliphatic heterocycles. The fourth-order valence-electron chi connectivity index (χ4n) is 2.60. The Hall–Kier alpha value is -2.31. The van der Waals surface area contributed by atoms with E-state index in [4.69, 9.17) is 0 Å². The molecular weight excluding hydrogens is 310 g/mol. The maximum Gasteiger partial charge on any atom is 0.433 e. The van der Waals surface area contributed by atoms with Crippen molar-refractivity contribution < 1.29 is 17.6 Å². The van der Waals surface area contributed by atoms with E-state index in [1.807, 2.05) is 4.90 Å². The van der Waals surface area contributed by atoms with Crippen molar-refractivity contribution in [3.8, 4) is 0 Å². The van der Waals surface area contributed by atoms with Crippen LogP contribution < -0.4 is 9.80 Å². The lowest BCUT2D eigenvalue weighted by atomic mass is 10.2. The fourth-order valence-corrected chi connectivity index (χ4v) is 2.60. The molecule has 0 bridgehead atoms. The highest BCUT2D eigenvalue weighted by molar-refractivity contribution is 5.49. The third kappa shape index (κ3) is 3.55. The van der Waals surface area contributed by atoms with Crippen molar-refractivity contribution >= 4 is 11.5 Å². The van der Waals surface area contributed by atoms with E-state index >= 15 is 0 Å². The fraction of sp³-hybridized carbons (Fsp3) is 0.312. The molecule has 1 fully saturated rings. The Balaban J connectivity index is 1.68. The molecule has 0 atom stereocenters. The summed E-state index contributed by atoms with van der Waals surface area (Å²) in [4.78, 5) is 7.61. The predicted molar refractivity (Wildman–Crippen MR) is 80.1 cm³/mol. The van der Waals surface area contributed by atoms with Crippen molar-refractivity contribution in [1.29, 1.82) is 0 Å². The summed E-state index contributed by atoms with van der Waals surface area (Å²) >= 11 is 0. The number of rotatable bonds is 2. The molecule has 0 saturated carbocycles. The predicted octanol–water partition coefficient (Wildman–Crippen LogP) is 3.57. The van der Waals surface area contributed by atoms with Gasteiger partial charge in [0.2, 0.25) is 0 Å². The van der Waals surface area contributed by atoms with Crippen molar-refractivity contribution in [3.63, 3.8) is 0 Å². The summed E-state index contributed by atoms with van der Waals surface area (Å²) in [5.41, 5.74) is 0.0269. The summed E-state index contributed by atoms with van der Waals surface area (Å²) in [7, 11) is 0. The molecular formula is C16H15F4N3. The first-order chi connectivity index (χ1) is 10.9. The minimum absolute atomic E-state index is 0.291. The van der Waals surface area contributed by atoms with E-state index in [0.717, 1.165) is 11.8 Å². The minimum atomic E-state index is -4.44. The Morgan fingerprint density at radius 3 is 2.04 bits per heavy atom. The number of benzene rings is 1. The van der Waals surface area contributed by atoms with Gasteiger partial charge in [-0.15, -0.1) is 0 Å². The molecule has 2 heterocycles. The number of hydrogen-bond donors (Lipinski definition) is 0. The number of alkyl halides is 3. The molecule has 0 radical (unpaired) electrons. The van der Waals surface area contributed by atoms with Gasteiger partial charge in [0.05, 0.1) is 0 Å². The molecule has 1 aliphatic rings. The van der Waals surface area contributed by atoms with Gasteiger partial charge in [0.15, 0.2) is 0 Å². The molecule has 2 aromatic rings. The molecule has 0 amide bonds. The average Bonchev–Trinajstić information content (AvgIpc) is 2.55. The van der Waals surface area contributed by atoms with Crippen molar-refractivity contribution in [2.75, 3.05) is 36.0 Å². The Morgan fingerprint density at radius 2 is 1.43 bits per heavy atom. The highest BCUT2D eigenvalue weighted by atomic mass is 19.4. The Labute approximate surface area is 131 Å². The summed E-state index contributed by atoms with van der Waals surface area (Å²) in [6.07, 6.45) is -4.44. The normalized spacial score (nSPS) is 15.8. The second kappa shape index (κ2) is 6.06. The number of nitrogens with zero attached hydrogens (tertiary/aromatic N) is 3. The van der Waals surface area contributed by atoms with E-state index in [2.05, 4.69) is 9.88 Å². The zero-order valence-electron chi connectivity index (χ0n) is 12.2. The number of aromatic nitrogens is 1. The maximum absolute atomic E-state index is 12.9. The SMILES string of the molecule is Fc1ccc(N2CCN(c3cccc(C(F)(F)F)n3)CC2)cc1.